The van der Waals surface area contributed by atoms with Gasteiger partial charge >= 0.3 is 0 Å². The van der Waals surface area contributed by atoms with Gasteiger partial charge in [0.1, 0.15) is 0 Å². The number of hydrogen-bond donors (Lipinski definition) is 3. The molecule has 1 amide bonds. The van der Waals surface area contributed by atoms with Crippen molar-refractivity contribution in [2.45, 2.75) is 25.1 Å². The maximum absolute atomic E-state index is 11.1. The molecule has 1 fully saturated rings. The van der Waals surface area contributed by atoms with Crippen molar-refractivity contribution in [3.63, 3.8) is 0 Å². The number of aliphatic hydroxyl groups is 1. The third kappa shape index (κ3) is 2.65. The number of aliphatic hydroxyl groups excluding tert-OH is 1. The number of hydrogen-bond acceptors (Lipinski definition) is 4. The molecule has 3 N–H and O–H groups in total. The Balaban J connectivity index is 2.34. The summed E-state index contributed by atoms with van der Waals surface area (Å²) in [5, 5.41) is 14.9. The van der Waals surface area contributed by atoms with E-state index in [-0.39, 0.29) is 18.0 Å². The highest BCUT2D eigenvalue weighted by atomic mass is 16.5. The van der Waals surface area contributed by atoms with Crippen molar-refractivity contribution in [3.8, 4) is 0 Å². The predicted octanol–water partition coefficient (Wildman–Crippen LogP) is -1.53. The third-order valence-electron chi connectivity index (χ3n) is 2.15. The van der Waals surface area contributed by atoms with Gasteiger partial charge in [0.15, 0.2) is 0 Å². The highest BCUT2D eigenvalue weighted by molar-refractivity contribution is 5.80. The standard InChI is InChI=1S/C8H16N2O3/c1-5(8(12)9-2)10-6-3-13-4-7(6)11/h5-7,10-11H,3-4H2,1-2H3,(H,9,12). The van der Waals surface area contributed by atoms with Gasteiger partial charge in [-0.3, -0.25) is 10.1 Å². The summed E-state index contributed by atoms with van der Waals surface area (Å²) in [5.41, 5.74) is 0. The highest BCUT2D eigenvalue weighted by Gasteiger charge is 2.28. The summed E-state index contributed by atoms with van der Waals surface area (Å²) < 4.78 is 5.04. The summed E-state index contributed by atoms with van der Waals surface area (Å²) in [4.78, 5) is 11.1. The fourth-order valence-electron chi connectivity index (χ4n) is 1.32. The van der Waals surface area contributed by atoms with E-state index in [1.807, 2.05) is 0 Å². The number of carbonyl (C=O) groups excluding carboxylic acids is 1. The molecule has 1 heterocycles. The second-order valence-corrected chi connectivity index (χ2v) is 3.21. The van der Waals surface area contributed by atoms with Gasteiger partial charge in [0.25, 0.3) is 0 Å². The lowest BCUT2D eigenvalue weighted by Gasteiger charge is -2.19. The van der Waals surface area contributed by atoms with Crippen LogP contribution < -0.4 is 10.6 Å². The second kappa shape index (κ2) is 4.55. The van der Waals surface area contributed by atoms with Crippen molar-refractivity contribution in [1.82, 2.24) is 10.6 Å². The zero-order valence-electron chi connectivity index (χ0n) is 7.91. The molecule has 0 aromatic carbocycles. The molecule has 13 heavy (non-hydrogen) atoms. The van der Waals surface area contributed by atoms with Crippen LogP contribution in [0.25, 0.3) is 0 Å². The molecule has 0 aromatic heterocycles. The van der Waals surface area contributed by atoms with Crippen LogP contribution in [0.1, 0.15) is 6.92 Å². The summed E-state index contributed by atoms with van der Waals surface area (Å²) in [6, 6.07) is -0.432. The summed E-state index contributed by atoms with van der Waals surface area (Å²) in [6.07, 6.45) is -0.507. The lowest BCUT2D eigenvalue weighted by Crippen LogP contribution is -2.49. The van der Waals surface area contributed by atoms with Crippen molar-refractivity contribution in [2.24, 2.45) is 0 Å². The molecule has 0 radical (unpaired) electrons. The summed E-state index contributed by atoms with van der Waals surface area (Å²) >= 11 is 0. The van der Waals surface area contributed by atoms with E-state index < -0.39 is 6.10 Å². The van der Waals surface area contributed by atoms with Crippen molar-refractivity contribution < 1.29 is 14.6 Å². The van der Waals surface area contributed by atoms with E-state index in [1.165, 1.54) is 0 Å². The molecule has 1 aliphatic rings. The molecule has 0 aliphatic carbocycles. The molecular weight excluding hydrogens is 172 g/mol. The molecular formula is C8H16N2O3. The van der Waals surface area contributed by atoms with Gasteiger partial charge in [-0.1, -0.05) is 0 Å². The topological polar surface area (TPSA) is 70.6 Å². The number of rotatable bonds is 3. The highest BCUT2D eigenvalue weighted by Crippen LogP contribution is 2.05. The Bertz CT molecular complexity index is 186. The average molecular weight is 188 g/mol. The number of carbonyl (C=O) groups is 1. The molecule has 0 spiro atoms. The van der Waals surface area contributed by atoms with Crippen LogP contribution in [0.5, 0.6) is 0 Å². The molecule has 3 atom stereocenters. The summed E-state index contributed by atoms with van der Waals surface area (Å²) in [5.74, 6) is -0.0842. The SMILES string of the molecule is CNC(=O)C(C)NC1COCC1O. The van der Waals surface area contributed by atoms with Gasteiger partial charge in [0.2, 0.25) is 5.91 Å². The minimum absolute atomic E-state index is 0.0842. The minimum Gasteiger partial charge on any atom is -0.389 e. The van der Waals surface area contributed by atoms with Gasteiger partial charge in [0, 0.05) is 7.05 Å². The maximum atomic E-state index is 11.1. The quantitative estimate of drug-likeness (QED) is 0.502. The predicted molar refractivity (Wildman–Crippen MR) is 47.3 cm³/mol. The van der Waals surface area contributed by atoms with Crippen LogP contribution in [-0.4, -0.2) is 49.5 Å². The first-order valence-corrected chi connectivity index (χ1v) is 4.38. The molecule has 5 nitrogen and oxygen atoms in total. The monoisotopic (exact) mass is 188 g/mol. The Hall–Kier alpha value is -0.650. The first-order valence-electron chi connectivity index (χ1n) is 4.38. The molecule has 76 valence electrons. The Morgan fingerprint density at radius 3 is 2.77 bits per heavy atom. The van der Waals surface area contributed by atoms with Crippen molar-refractivity contribution in [2.75, 3.05) is 20.3 Å². The normalized spacial score (nSPS) is 30.1. The fraction of sp³-hybridized carbons (Fsp3) is 0.875. The van der Waals surface area contributed by atoms with E-state index in [4.69, 9.17) is 4.74 Å². The lowest BCUT2D eigenvalue weighted by atomic mass is 10.2. The van der Waals surface area contributed by atoms with Crippen molar-refractivity contribution in [3.05, 3.63) is 0 Å². The van der Waals surface area contributed by atoms with Gasteiger partial charge in [-0.05, 0) is 6.92 Å². The summed E-state index contributed by atoms with van der Waals surface area (Å²) in [6.45, 7) is 2.56. The van der Waals surface area contributed by atoms with Crippen LogP contribution in [0.4, 0.5) is 0 Å². The van der Waals surface area contributed by atoms with Gasteiger partial charge in [-0.25, -0.2) is 0 Å². The van der Waals surface area contributed by atoms with Crippen LogP contribution in [0.15, 0.2) is 0 Å². The van der Waals surface area contributed by atoms with Crippen LogP contribution in [0.3, 0.4) is 0 Å². The van der Waals surface area contributed by atoms with Crippen LogP contribution >= 0.6 is 0 Å². The molecule has 1 saturated heterocycles. The number of ether oxygens (including phenoxy) is 1. The zero-order valence-corrected chi connectivity index (χ0v) is 7.91. The van der Waals surface area contributed by atoms with Crippen molar-refractivity contribution in [1.29, 1.82) is 0 Å². The van der Waals surface area contributed by atoms with Gasteiger partial charge in [0.05, 0.1) is 31.4 Å². The fourth-order valence-corrected chi connectivity index (χ4v) is 1.32. The molecule has 5 heteroatoms. The number of likely N-dealkylation sites (N-methyl/N-ethyl adjacent to an activating group) is 1. The second-order valence-electron chi connectivity index (χ2n) is 3.21. The number of amides is 1. The van der Waals surface area contributed by atoms with E-state index in [0.29, 0.717) is 13.2 Å². The average Bonchev–Trinajstić information content (AvgIpc) is 2.50. The maximum Gasteiger partial charge on any atom is 0.236 e. The Labute approximate surface area is 77.5 Å². The Kier molecular flexibility index (Phi) is 3.65. The minimum atomic E-state index is -0.507. The van der Waals surface area contributed by atoms with Gasteiger partial charge < -0.3 is 15.2 Å². The van der Waals surface area contributed by atoms with Crippen LogP contribution in [-0.2, 0) is 9.53 Å². The third-order valence-corrected chi connectivity index (χ3v) is 2.15. The van der Waals surface area contributed by atoms with E-state index in [9.17, 15) is 9.90 Å². The molecule has 1 rings (SSSR count). The van der Waals surface area contributed by atoms with Crippen LogP contribution in [0, 0.1) is 0 Å². The molecule has 0 bridgehead atoms. The molecule has 1 aliphatic heterocycles. The molecule has 0 aromatic rings. The molecule has 3 unspecified atom stereocenters. The van der Waals surface area contributed by atoms with E-state index in [2.05, 4.69) is 10.6 Å². The van der Waals surface area contributed by atoms with E-state index in [1.54, 1.807) is 14.0 Å². The van der Waals surface area contributed by atoms with Gasteiger partial charge in [-0.15, -0.1) is 0 Å². The Morgan fingerprint density at radius 1 is 1.62 bits per heavy atom. The van der Waals surface area contributed by atoms with Crippen molar-refractivity contribution >= 4 is 5.91 Å². The van der Waals surface area contributed by atoms with Crippen LogP contribution in [0.2, 0.25) is 0 Å². The molecule has 0 saturated carbocycles. The first-order chi connectivity index (χ1) is 6.15. The smallest absolute Gasteiger partial charge is 0.236 e. The van der Waals surface area contributed by atoms with Gasteiger partial charge in [-0.2, -0.15) is 0 Å². The van der Waals surface area contributed by atoms with E-state index in [0.717, 1.165) is 0 Å². The largest absolute Gasteiger partial charge is 0.389 e. The lowest BCUT2D eigenvalue weighted by molar-refractivity contribution is -0.122. The summed E-state index contributed by atoms with van der Waals surface area (Å²) in [7, 11) is 1.59. The number of nitrogens with one attached hydrogen (secondary N) is 2. The van der Waals surface area contributed by atoms with E-state index >= 15 is 0 Å². The Morgan fingerprint density at radius 2 is 2.31 bits per heavy atom. The zero-order chi connectivity index (χ0) is 9.84. The first kappa shape index (κ1) is 10.4.